The molecular formula is C28H29FN4O3. The minimum Gasteiger partial charge on any atom is -0.493 e. The van der Waals surface area contributed by atoms with E-state index in [1.54, 1.807) is 19.2 Å². The first kappa shape index (κ1) is 23.8. The van der Waals surface area contributed by atoms with Gasteiger partial charge >= 0.3 is 0 Å². The number of methoxy groups -OCH3 is 1. The van der Waals surface area contributed by atoms with Crippen molar-refractivity contribution in [2.24, 2.45) is 0 Å². The Labute approximate surface area is 209 Å². The van der Waals surface area contributed by atoms with Crippen LogP contribution in [0, 0.1) is 12.7 Å². The van der Waals surface area contributed by atoms with Gasteiger partial charge in [-0.2, -0.15) is 0 Å². The van der Waals surface area contributed by atoms with Gasteiger partial charge < -0.3 is 24.4 Å². The molecule has 1 saturated heterocycles. The van der Waals surface area contributed by atoms with Gasteiger partial charge in [-0.05, 0) is 62.7 Å². The fourth-order valence-corrected chi connectivity index (χ4v) is 4.30. The topological polar surface area (TPSA) is 68.7 Å². The summed E-state index contributed by atoms with van der Waals surface area (Å²) in [6.07, 6.45) is 3.42. The van der Waals surface area contributed by atoms with E-state index in [1.165, 1.54) is 12.4 Å². The van der Waals surface area contributed by atoms with Gasteiger partial charge in [0.25, 0.3) is 0 Å². The second kappa shape index (κ2) is 10.4. The third-order valence-electron chi connectivity index (χ3n) is 6.30. The van der Waals surface area contributed by atoms with E-state index in [1.807, 2.05) is 43.3 Å². The summed E-state index contributed by atoms with van der Waals surface area (Å²) in [7, 11) is 3.72. The van der Waals surface area contributed by atoms with Gasteiger partial charge in [-0.25, -0.2) is 14.4 Å². The summed E-state index contributed by atoms with van der Waals surface area (Å²) in [5.41, 5.74) is 2.01. The van der Waals surface area contributed by atoms with Gasteiger partial charge in [-0.15, -0.1) is 0 Å². The molecule has 36 heavy (non-hydrogen) atoms. The summed E-state index contributed by atoms with van der Waals surface area (Å²) in [6, 6.07) is 16.0. The van der Waals surface area contributed by atoms with E-state index in [2.05, 4.69) is 27.2 Å². The van der Waals surface area contributed by atoms with E-state index in [0.717, 1.165) is 31.5 Å². The lowest BCUT2D eigenvalue weighted by Crippen LogP contribution is -2.35. The summed E-state index contributed by atoms with van der Waals surface area (Å²) < 4.78 is 32.7. The SMILES string of the molecule is COc1cc2ncnc(Nc3ccc(Oc4cccc(C)c4)cc3F)c2cc1OC1CCN(C)CC1. The van der Waals surface area contributed by atoms with Crippen LogP contribution in [-0.2, 0) is 0 Å². The Bertz CT molecular complexity index is 1370. The number of aromatic nitrogens is 2. The molecule has 1 aliphatic rings. The molecule has 5 rings (SSSR count). The van der Waals surface area contributed by atoms with Crippen LogP contribution in [0.3, 0.4) is 0 Å². The van der Waals surface area contributed by atoms with Crippen LogP contribution in [0.1, 0.15) is 18.4 Å². The largest absolute Gasteiger partial charge is 0.493 e. The second-order valence-corrected chi connectivity index (χ2v) is 9.05. The lowest BCUT2D eigenvalue weighted by Gasteiger charge is -2.29. The summed E-state index contributed by atoms with van der Waals surface area (Å²) in [5.74, 6) is 2.32. The summed E-state index contributed by atoms with van der Waals surface area (Å²) in [4.78, 5) is 11.0. The highest BCUT2D eigenvalue weighted by molar-refractivity contribution is 5.93. The monoisotopic (exact) mass is 488 g/mol. The number of ether oxygens (including phenoxy) is 3. The maximum Gasteiger partial charge on any atom is 0.162 e. The Balaban J connectivity index is 1.40. The van der Waals surface area contributed by atoms with Crippen LogP contribution in [0.15, 0.2) is 60.9 Å². The smallest absolute Gasteiger partial charge is 0.162 e. The van der Waals surface area contributed by atoms with E-state index >= 15 is 4.39 Å². The summed E-state index contributed by atoms with van der Waals surface area (Å²) in [5, 5.41) is 3.81. The quantitative estimate of drug-likeness (QED) is 0.337. The zero-order chi connectivity index (χ0) is 25.1. The second-order valence-electron chi connectivity index (χ2n) is 9.05. The number of hydrogen-bond acceptors (Lipinski definition) is 7. The molecule has 8 heteroatoms. The number of fused-ring (bicyclic) bond motifs is 1. The number of rotatable bonds is 7. The van der Waals surface area contributed by atoms with E-state index in [0.29, 0.717) is 39.7 Å². The van der Waals surface area contributed by atoms with Crippen molar-refractivity contribution >= 4 is 22.4 Å². The molecule has 2 heterocycles. The van der Waals surface area contributed by atoms with E-state index in [-0.39, 0.29) is 11.8 Å². The van der Waals surface area contributed by atoms with Crippen LogP contribution >= 0.6 is 0 Å². The zero-order valence-electron chi connectivity index (χ0n) is 20.6. The molecule has 7 nitrogen and oxygen atoms in total. The van der Waals surface area contributed by atoms with Gasteiger partial charge in [-0.1, -0.05) is 12.1 Å². The molecule has 0 aliphatic carbocycles. The lowest BCUT2D eigenvalue weighted by molar-refractivity contribution is 0.111. The molecule has 1 N–H and O–H groups in total. The van der Waals surface area contributed by atoms with Gasteiger partial charge in [0.1, 0.15) is 35.6 Å². The van der Waals surface area contributed by atoms with Gasteiger partial charge in [-0.3, -0.25) is 0 Å². The predicted molar refractivity (Wildman–Crippen MR) is 138 cm³/mol. The van der Waals surface area contributed by atoms with E-state index < -0.39 is 5.82 Å². The standard InChI is InChI=1S/C28H29FN4O3/c1-18-5-4-6-20(13-18)35-21-7-8-24(23(29)14-21)32-28-22-15-27(36-19-9-11-33(2)12-10-19)26(34-3)16-25(22)30-17-31-28/h4-8,13-17,19H,9-12H2,1-3H3,(H,30,31,32). The highest BCUT2D eigenvalue weighted by atomic mass is 19.1. The van der Waals surface area contributed by atoms with E-state index in [9.17, 15) is 0 Å². The molecule has 0 bridgehead atoms. The van der Waals surface area contributed by atoms with Gasteiger partial charge in [0.05, 0.1) is 18.3 Å². The van der Waals surface area contributed by atoms with E-state index in [4.69, 9.17) is 14.2 Å². The number of aryl methyl sites for hydroxylation is 1. The van der Waals surface area contributed by atoms with Crippen molar-refractivity contribution in [1.29, 1.82) is 0 Å². The number of piperidine rings is 1. The Kier molecular flexibility index (Phi) is 6.86. The Morgan fingerprint density at radius 1 is 0.972 bits per heavy atom. The molecule has 0 unspecified atom stereocenters. The number of benzene rings is 3. The summed E-state index contributed by atoms with van der Waals surface area (Å²) in [6.45, 7) is 3.95. The predicted octanol–water partition coefficient (Wildman–Crippen LogP) is 6.09. The normalized spacial score (nSPS) is 14.6. The van der Waals surface area contributed by atoms with Gasteiger partial charge in [0.15, 0.2) is 11.5 Å². The van der Waals surface area contributed by atoms with Gasteiger partial charge in [0, 0.05) is 30.6 Å². The number of nitrogens with zero attached hydrogens (tertiary/aromatic N) is 3. The fourth-order valence-electron chi connectivity index (χ4n) is 4.30. The van der Waals surface area contributed by atoms with Crippen LogP contribution in [-0.4, -0.2) is 48.2 Å². The average Bonchev–Trinajstić information content (AvgIpc) is 2.87. The van der Waals surface area contributed by atoms with Crippen molar-refractivity contribution in [3.8, 4) is 23.0 Å². The Morgan fingerprint density at radius 3 is 2.53 bits per heavy atom. The zero-order valence-corrected chi connectivity index (χ0v) is 20.6. The molecule has 0 saturated carbocycles. The molecular weight excluding hydrogens is 459 g/mol. The summed E-state index contributed by atoms with van der Waals surface area (Å²) >= 11 is 0. The maximum absolute atomic E-state index is 15.0. The lowest BCUT2D eigenvalue weighted by atomic mass is 10.1. The fraction of sp³-hybridized carbons (Fsp3) is 0.286. The molecule has 0 spiro atoms. The third kappa shape index (κ3) is 5.33. The first-order chi connectivity index (χ1) is 17.5. The van der Waals surface area contributed by atoms with Crippen LogP contribution < -0.4 is 19.5 Å². The molecule has 0 amide bonds. The number of nitrogens with one attached hydrogen (secondary N) is 1. The van der Waals surface area contributed by atoms with Crippen LogP contribution in [0.25, 0.3) is 10.9 Å². The maximum atomic E-state index is 15.0. The Hall–Kier alpha value is -3.91. The van der Waals surface area contributed by atoms with Crippen molar-refractivity contribution < 1.29 is 18.6 Å². The minimum atomic E-state index is -0.455. The third-order valence-corrected chi connectivity index (χ3v) is 6.30. The van der Waals surface area contributed by atoms with Crippen molar-refractivity contribution in [2.75, 3.05) is 32.6 Å². The number of likely N-dealkylation sites (tertiary alicyclic amines) is 1. The first-order valence-electron chi connectivity index (χ1n) is 12.0. The highest BCUT2D eigenvalue weighted by Gasteiger charge is 2.21. The minimum absolute atomic E-state index is 0.104. The molecule has 186 valence electrons. The molecule has 1 fully saturated rings. The van der Waals surface area contributed by atoms with Gasteiger partial charge in [0.2, 0.25) is 0 Å². The highest BCUT2D eigenvalue weighted by Crippen LogP contribution is 2.37. The van der Waals surface area contributed by atoms with Crippen LogP contribution in [0.2, 0.25) is 0 Å². The molecule has 4 aromatic rings. The molecule has 0 atom stereocenters. The van der Waals surface area contributed by atoms with Crippen molar-refractivity contribution in [3.05, 3.63) is 72.3 Å². The van der Waals surface area contributed by atoms with Crippen LogP contribution in [0.5, 0.6) is 23.0 Å². The van der Waals surface area contributed by atoms with Crippen LogP contribution in [0.4, 0.5) is 15.9 Å². The number of anilines is 2. The van der Waals surface area contributed by atoms with Crippen molar-refractivity contribution in [2.45, 2.75) is 25.9 Å². The first-order valence-corrected chi connectivity index (χ1v) is 12.0. The molecule has 0 radical (unpaired) electrons. The number of hydrogen-bond donors (Lipinski definition) is 1. The van der Waals surface area contributed by atoms with Crippen molar-refractivity contribution in [3.63, 3.8) is 0 Å². The molecule has 1 aromatic heterocycles. The van der Waals surface area contributed by atoms with Crippen molar-refractivity contribution in [1.82, 2.24) is 14.9 Å². The average molecular weight is 489 g/mol. The Morgan fingerprint density at radius 2 is 1.78 bits per heavy atom. The molecule has 1 aliphatic heterocycles. The number of halogens is 1. The molecule has 3 aromatic carbocycles.